The number of aromatic nitrogens is 4. The van der Waals surface area contributed by atoms with Crippen molar-refractivity contribution in [2.75, 3.05) is 13.1 Å². The Balaban J connectivity index is 1.30. The van der Waals surface area contributed by atoms with Crippen molar-refractivity contribution in [2.24, 2.45) is 0 Å². The first-order valence-corrected chi connectivity index (χ1v) is 10.9. The molecule has 2 heterocycles. The third-order valence-electron chi connectivity index (χ3n) is 6.45. The molecule has 9 heteroatoms. The lowest BCUT2D eigenvalue weighted by atomic mass is 9.84. The van der Waals surface area contributed by atoms with E-state index in [0.717, 1.165) is 16.8 Å². The highest BCUT2D eigenvalue weighted by molar-refractivity contribution is 5.79. The molecule has 3 aromatic rings. The van der Waals surface area contributed by atoms with Gasteiger partial charge >= 0.3 is 0 Å². The Labute approximate surface area is 191 Å². The van der Waals surface area contributed by atoms with Crippen molar-refractivity contribution in [3.8, 4) is 11.8 Å². The van der Waals surface area contributed by atoms with Crippen LogP contribution in [-0.4, -0.2) is 54.8 Å². The molecular weight excluding hydrogens is 423 g/mol. The Kier molecular flexibility index (Phi) is 6.47. The summed E-state index contributed by atoms with van der Waals surface area (Å²) < 4.78 is 15.3. The van der Waals surface area contributed by atoms with Crippen LogP contribution >= 0.6 is 0 Å². The fourth-order valence-electron chi connectivity index (χ4n) is 4.25. The van der Waals surface area contributed by atoms with Crippen molar-refractivity contribution in [3.63, 3.8) is 0 Å². The first kappa shape index (κ1) is 22.6. The normalized spacial score (nSPS) is 15.3. The van der Waals surface area contributed by atoms with E-state index in [1.165, 1.54) is 12.4 Å². The first-order valence-electron chi connectivity index (χ1n) is 10.9. The maximum atomic E-state index is 13.7. The molecule has 1 saturated heterocycles. The Bertz CT molecular complexity index is 1160. The van der Waals surface area contributed by atoms with Crippen LogP contribution in [0, 0.1) is 24.1 Å². The van der Waals surface area contributed by atoms with Crippen LogP contribution in [0.5, 0.6) is 0 Å². The van der Waals surface area contributed by atoms with Crippen molar-refractivity contribution in [3.05, 3.63) is 70.8 Å². The van der Waals surface area contributed by atoms with Crippen molar-refractivity contribution >= 4 is 5.91 Å². The number of nitriles is 1. The van der Waals surface area contributed by atoms with Gasteiger partial charge in [0.15, 0.2) is 0 Å². The number of nitrogens with zero attached hydrogens (tertiary/aromatic N) is 6. The predicted molar refractivity (Wildman–Crippen MR) is 118 cm³/mol. The molecule has 0 bridgehead atoms. The summed E-state index contributed by atoms with van der Waals surface area (Å²) in [5.74, 6) is -0.491. The summed E-state index contributed by atoms with van der Waals surface area (Å²) in [4.78, 5) is 14.6. The number of carbonyl (C=O) groups excluding carboxylic acids is 1. The summed E-state index contributed by atoms with van der Waals surface area (Å²) in [5, 5.41) is 31.2. The molecule has 0 unspecified atom stereocenters. The SMILES string of the molecule is Cc1c(CCC2(O)CCN(C(=O)Cc3ccc(-n4cnnn4)cc3)CC2)ccc(F)c1C#N. The van der Waals surface area contributed by atoms with Crippen LogP contribution in [0.25, 0.3) is 5.69 Å². The van der Waals surface area contributed by atoms with Crippen LogP contribution in [0.2, 0.25) is 0 Å². The zero-order valence-corrected chi connectivity index (χ0v) is 18.4. The lowest BCUT2D eigenvalue weighted by Gasteiger charge is -2.38. The number of amides is 1. The number of carbonyl (C=O) groups is 1. The van der Waals surface area contributed by atoms with E-state index in [1.807, 2.05) is 30.3 Å². The van der Waals surface area contributed by atoms with E-state index in [-0.39, 0.29) is 11.5 Å². The van der Waals surface area contributed by atoms with Gasteiger partial charge in [0.05, 0.1) is 23.3 Å². The molecule has 2 aromatic carbocycles. The van der Waals surface area contributed by atoms with Crippen molar-refractivity contribution < 1.29 is 14.3 Å². The third kappa shape index (κ3) is 5.07. The number of aryl methyl sites for hydroxylation is 1. The molecule has 1 fully saturated rings. The van der Waals surface area contributed by atoms with E-state index >= 15 is 0 Å². The smallest absolute Gasteiger partial charge is 0.226 e. The molecule has 1 amide bonds. The predicted octanol–water partition coefficient (Wildman–Crippen LogP) is 2.51. The summed E-state index contributed by atoms with van der Waals surface area (Å²) in [5.41, 5.74) is 2.39. The number of tetrazole rings is 1. The second-order valence-electron chi connectivity index (χ2n) is 8.52. The molecule has 0 aliphatic carbocycles. The van der Waals surface area contributed by atoms with E-state index in [0.29, 0.717) is 50.8 Å². The van der Waals surface area contributed by atoms with Gasteiger partial charge in [0.1, 0.15) is 18.2 Å². The van der Waals surface area contributed by atoms with Gasteiger partial charge in [-0.05, 0) is 77.9 Å². The summed E-state index contributed by atoms with van der Waals surface area (Å²) in [6.07, 6.45) is 3.84. The number of piperidine rings is 1. The topological polar surface area (TPSA) is 108 Å². The lowest BCUT2D eigenvalue weighted by molar-refractivity contribution is -0.134. The molecule has 0 spiro atoms. The minimum Gasteiger partial charge on any atom is -0.390 e. The van der Waals surface area contributed by atoms with Crippen LogP contribution < -0.4 is 0 Å². The second kappa shape index (κ2) is 9.46. The van der Waals surface area contributed by atoms with E-state index in [4.69, 9.17) is 5.26 Å². The maximum Gasteiger partial charge on any atom is 0.226 e. The van der Waals surface area contributed by atoms with Crippen LogP contribution in [0.4, 0.5) is 4.39 Å². The molecular formula is C24H25FN6O2. The van der Waals surface area contributed by atoms with E-state index in [9.17, 15) is 14.3 Å². The molecule has 0 radical (unpaired) electrons. The first-order chi connectivity index (χ1) is 15.9. The van der Waals surface area contributed by atoms with E-state index in [1.54, 1.807) is 22.6 Å². The molecule has 1 N–H and O–H groups in total. The van der Waals surface area contributed by atoms with E-state index in [2.05, 4.69) is 15.5 Å². The number of benzene rings is 2. The Hall–Kier alpha value is -3.64. The fourth-order valence-corrected chi connectivity index (χ4v) is 4.25. The number of aliphatic hydroxyl groups is 1. The van der Waals surface area contributed by atoms with Crippen LogP contribution in [0.1, 0.15) is 41.5 Å². The van der Waals surface area contributed by atoms with Crippen LogP contribution in [-0.2, 0) is 17.6 Å². The largest absolute Gasteiger partial charge is 0.390 e. The van der Waals surface area contributed by atoms with Crippen LogP contribution in [0.3, 0.4) is 0 Å². The molecule has 1 aliphatic rings. The van der Waals surface area contributed by atoms with Crippen molar-refractivity contribution in [2.45, 2.75) is 44.6 Å². The Morgan fingerprint density at radius 1 is 1.21 bits per heavy atom. The van der Waals surface area contributed by atoms with Crippen LogP contribution in [0.15, 0.2) is 42.7 Å². The highest BCUT2D eigenvalue weighted by Crippen LogP contribution is 2.29. The monoisotopic (exact) mass is 448 g/mol. The van der Waals surface area contributed by atoms with Crippen molar-refractivity contribution in [1.82, 2.24) is 25.1 Å². The molecule has 1 aliphatic heterocycles. The van der Waals surface area contributed by atoms with Gasteiger partial charge in [-0.25, -0.2) is 9.07 Å². The Morgan fingerprint density at radius 3 is 2.58 bits per heavy atom. The number of hydrogen-bond acceptors (Lipinski definition) is 6. The molecule has 4 rings (SSSR count). The van der Waals surface area contributed by atoms with Gasteiger partial charge < -0.3 is 10.0 Å². The summed E-state index contributed by atoms with van der Waals surface area (Å²) >= 11 is 0. The van der Waals surface area contributed by atoms with Crippen molar-refractivity contribution in [1.29, 1.82) is 5.26 Å². The Morgan fingerprint density at radius 2 is 1.94 bits per heavy atom. The highest BCUT2D eigenvalue weighted by atomic mass is 19.1. The summed E-state index contributed by atoms with van der Waals surface area (Å²) in [7, 11) is 0. The van der Waals surface area contributed by atoms with Gasteiger partial charge in [-0.3, -0.25) is 4.79 Å². The molecule has 0 saturated carbocycles. The quantitative estimate of drug-likeness (QED) is 0.621. The second-order valence-corrected chi connectivity index (χ2v) is 8.52. The zero-order valence-electron chi connectivity index (χ0n) is 18.4. The number of likely N-dealkylation sites (tertiary alicyclic amines) is 1. The molecule has 33 heavy (non-hydrogen) atoms. The average molecular weight is 449 g/mol. The number of rotatable bonds is 6. The van der Waals surface area contributed by atoms with E-state index < -0.39 is 11.4 Å². The average Bonchev–Trinajstić information content (AvgIpc) is 3.35. The van der Waals surface area contributed by atoms with Gasteiger partial charge in [-0.15, -0.1) is 5.10 Å². The molecule has 170 valence electrons. The minimum atomic E-state index is -0.877. The third-order valence-corrected chi connectivity index (χ3v) is 6.45. The van der Waals surface area contributed by atoms with Gasteiger partial charge in [-0.2, -0.15) is 5.26 Å². The number of halogens is 1. The van der Waals surface area contributed by atoms with Gasteiger partial charge in [0, 0.05) is 13.1 Å². The molecule has 8 nitrogen and oxygen atoms in total. The minimum absolute atomic E-state index is 0.0280. The van der Waals surface area contributed by atoms with Gasteiger partial charge in [0.2, 0.25) is 5.91 Å². The summed E-state index contributed by atoms with van der Waals surface area (Å²) in [6, 6.07) is 12.4. The molecule has 1 aromatic heterocycles. The zero-order chi connectivity index (χ0) is 23.4. The maximum absolute atomic E-state index is 13.7. The number of hydrogen-bond donors (Lipinski definition) is 1. The lowest BCUT2D eigenvalue weighted by Crippen LogP contribution is -2.47. The van der Waals surface area contributed by atoms with Gasteiger partial charge in [-0.1, -0.05) is 18.2 Å². The highest BCUT2D eigenvalue weighted by Gasteiger charge is 2.33. The van der Waals surface area contributed by atoms with Gasteiger partial charge in [0.25, 0.3) is 0 Å². The standard InChI is InChI=1S/C24H25FN6O2/c1-17-19(4-7-22(25)21(17)15-26)8-9-24(33)10-12-30(13-11-24)23(32)14-18-2-5-20(6-3-18)31-16-27-28-29-31/h2-7,16,33H,8-14H2,1H3. The summed E-state index contributed by atoms with van der Waals surface area (Å²) in [6.45, 7) is 2.71. The fraction of sp³-hybridized carbons (Fsp3) is 0.375. The molecule has 0 atom stereocenters.